The molecule has 1 aromatic carbocycles. The lowest BCUT2D eigenvalue weighted by Gasteiger charge is -2.18. The van der Waals surface area contributed by atoms with Crippen LogP contribution in [0, 0.1) is 0 Å². The first-order valence-corrected chi connectivity index (χ1v) is 8.96. The van der Waals surface area contributed by atoms with E-state index in [1.54, 1.807) is 6.20 Å². The van der Waals surface area contributed by atoms with E-state index in [4.69, 9.17) is 4.74 Å². The third-order valence-electron chi connectivity index (χ3n) is 4.60. The fourth-order valence-electron chi connectivity index (χ4n) is 3.18. The molecule has 1 N–H and O–H groups in total. The molecule has 0 radical (unpaired) electrons. The van der Waals surface area contributed by atoms with E-state index in [-0.39, 0.29) is 30.8 Å². The standard InChI is InChI=1S/C20H21N3O3/c1-2-26-18-6-4-3-5-15(18)13-9-17-16(21-11-13)10-20(25)23(17)12-19(24)22-14-7-8-14/h3-6,9,11,14H,2,7-8,10,12H2,1H3,(H,22,24). The Kier molecular flexibility index (Phi) is 4.32. The van der Waals surface area contributed by atoms with Crippen LogP contribution in [0.5, 0.6) is 5.75 Å². The number of aromatic nitrogens is 1. The number of nitrogens with zero attached hydrogens (tertiary/aromatic N) is 2. The largest absolute Gasteiger partial charge is 0.493 e. The minimum Gasteiger partial charge on any atom is -0.493 e. The highest BCUT2D eigenvalue weighted by molar-refractivity contribution is 6.05. The summed E-state index contributed by atoms with van der Waals surface area (Å²) in [6.07, 6.45) is 4.05. The number of rotatable bonds is 6. The molecule has 2 aliphatic rings. The molecule has 1 aliphatic heterocycles. The maximum atomic E-state index is 12.4. The maximum absolute atomic E-state index is 12.4. The molecule has 0 saturated heterocycles. The second kappa shape index (κ2) is 6.78. The molecule has 6 heteroatoms. The van der Waals surface area contributed by atoms with Gasteiger partial charge in [-0.25, -0.2) is 0 Å². The van der Waals surface area contributed by atoms with E-state index in [0.717, 1.165) is 29.7 Å². The number of pyridine rings is 1. The van der Waals surface area contributed by atoms with Crippen LogP contribution in [0.2, 0.25) is 0 Å². The van der Waals surface area contributed by atoms with Gasteiger partial charge in [0.25, 0.3) is 0 Å². The summed E-state index contributed by atoms with van der Waals surface area (Å²) in [5.41, 5.74) is 3.22. The van der Waals surface area contributed by atoms with Gasteiger partial charge in [-0.05, 0) is 31.9 Å². The fourth-order valence-corrected chi connectivity index (χ4v) is 3.18. The number of hydrogen-bond donors (Lipinski definition) is 1. The third kappa shape index (κ3) is 3.27. The molecule has 0 bridgehead atoms. The number of nitrogens with one attached hydrogen (secondary N) is 1. The van der Waals surface area contributed by atoms with E-state index in [1.807, 2.05) is 37.3 Å². The van der Waals surface area contributed by atoms with E-state index in [9.17, 15) is 9.59 Å². The average molecular weight is 351 g/mol. The molecule has 1 aliphatic carbocycles. The number of amides is 2. The average Bonchev–Trinajstić information content (AvgIpc) is 3.39. The minimum absolute atomic E-state index is 0.0422. The Balaban J connectivity index is 1.63. The van der Waals surface area contributed by atoms with Crippen LogP contribution in [0.4, 0.5) is 5.69 Å². The zero-order chi connectivity index (χ0) is 18.1. The Labute approximate surface area is 152 Å². The summed E-state index contributed by atoms with van der Waals surface area (Å²) in [5, 5.41) is 2.93. The third-order valence-corrected chi connectivity index (χ3v) is 4.60. The van der Waals surface area contributed by atoms with Crippen molar-refractivity contribution in [2.24, 2.45) is 0 Å². The molecule has 2 aromatic rings. The van der Waals surface area contributed by atoms with Crippen molar-refractivity contribution >= 4 is 17.5 Å². The van der Waals surface area contributed by atoms with Gasteiger partial charge < -0.3 is 15.0 Å². The number of benzene rings is 1. The lowest BCUT2D eigenvalue weighted by atomic mass is 10.1. The fraction of sp³-hybridized carbons (Fsp3) is 0.350. The molecule has 0 unspecified atom stereocenters. The van der Waals surface area contributed by atoms with Crippen LogP contribution in [0.15, 0.2) is 36.5 Å². The Morgan fingerprint density at radius 2 is 2.15 bits per heavy atom. The Morgan fingerprint density at radius 1 is 1.35 bits per heavy atom. The van der Waals surface area contributed by atoms with Crippen molar-refractivity contribution < 1.29 is 14.3 Å². The van der Waals surface area contributed by atoms with Gasteiger partial charge >= 0.3 is 0 Å². The smallest absolute Gasteiger partial charge is 0.240 e. The topological polar surface area (TPSA) is 71.5 Å². The summed E-state index contributed by atoms with van der Waals surface area (Å²) in [7, 11) is 0. The van der Waals surface area contributed by atoms with Gasteiger partial charge in [-0.2, -0.15) is 0 Å². The molecule has 1 aromatic heterocycles. The summed E-state index contributed by atoms with van der Waals surface area (Å²) in [4.78, 5) is 30.5. The van der Waals surface area contributed by atoms with Gasteiger partial charge in [-0.15, -0.1) is 0 Å². The number of fused-ring (bicyclic) bond motifs is 1. The summed E-state index contributed by atoms with van der Waals surface area (Å²) in [6.45, 7) is 2.55. The van der Waals surface area contributed by atoms with Crippen molar-refractivity contribution in [3.05, 3.63) is 42.2 Å². The van der Waals surface area contributed by atoms with Crippen LogP contribution in [-0.2, 0) is 16.0 Å². The SMILES string of the molecule is CCOc1ccccc1-c1cnc2c(c1)N(CC(=O)NC1CC1)C(=O)C2. The number of anilines is 1. The van der Waals surface area contributed by atoms with E-state index < -0.39 is 0 Å². The van der Waals surface area contributed by atoms with E-state index >= 15 is 0 Å². The van der Waals surface area contributed by atoms with Gasteiger partial charge in [0, 0.05) is 23.4 Å². The first-order valence-electron chi connectivity index (χ1n) is 8.96. The number of hydrogen-bond acceptors (Lipinski definition) is 4. The first kappa shape index (κ1) is 16.6. The van der Waals surface area contributed by atoms with Gasteiger partial charge in [0.05, 0.1) is 24.4 Å². The van der Waals surface area contributed by atoms with Gasteiger partial charge in [-0.1, -0.05) is 18.2 Å². The molecule has 6 nitrogen and oxygen atoms in total. The highest BCUT2D eigenvalue weighted by atomic mass is 16.5. The second-order valence-corrected chi connectivity index (χ2v) is 6.62. The maximum Gasteiger partial charge on any atom is 0.240 e. The highest BCUT2D eigenvalue weighted by Gasteiger charge is 2.32. The van der Waals surface area contributed by atoms with Crippen LogP contribution < -0.4 is 15.0 Å². The predicted molar refractivity (Wildman–Crippen MR) is 98.1 cm³/mol. The highest BCUT2D eigenvalue weighted by Crippen LogP contribution is 2.35. The van der Waals surface area contributed by atoms with Crippen molar-refractivity contribution in [3.63, 3.8) is 0 Å². The van der Waals surface area contributed by atoms with Crippen molar-refractivity contribution in [1.29, 1.82) is 0 Å². The molecule has 26 heavy (non-hydrogen) atoms. The monoisotopic (exact) mass is 351 g/mol. The van der Waals surface area contributed by atoms with Gasteiger partial charge in [-0.3, -0.25) is 14.6 Å². The number of para-hydroxylation sites is 1. The predicted octanol–water partition coefficient (Wildman–Crippen LogP) is 2.31. The van der Waals surface area contributed by atoms with Crippen LogP contribution in [0.3, 0.4) is 0 Å². The first-order chi connectivity index (χ1) is 12.7. The summed E-state index contributed by atoms with van der Waals surface area (Å²) < 4.78 is 5.70. The molecular weight excluding hydrogens is 330 g/mol. The lowest BCUT2D eigenvalue weighted by molar-refractivity contribution is -0.123. The molecule has 1 saturated carbocycles. The van der Waals surface area contributed by atoms with Gasteiger partial charge in [0.15, 0.2) is 0 Å². The molecule has 4 rings (SSSR count). The van der Waals surface area contributed by atoms with Gasteiger partial charge in [0.1, 0.15) is 12.3 Å². The van der Waals surface area contributed by atoms with E-state index in [2.05, 4.69) is 10.3 Å². The molecule has 0 atom stereocenters. The van der Waals surface area contributed by atoms with Crippen LogP contribution in [-0.4, -0.2) is 36.0 Å². The van der Waals surface area contributed by atoms with Crippen LogP contribution in [0.1, 0.15) is 25.5 Å². The van der Waals surface area contributed by atoms with Crippen molar-refractivity contribution in [2.45, 2.75) is 32.2 Å². The molecule has 134 valence electrons. The van der Waals surface area contributed by atoms with Crippen LogP contribution >= 0.6 is 0 Å². The second-order valence-electron chi connectivity index (χ2n) is 6.62. The van der Waals surface area contributed by atoms with Crippen LogP contribution in [0.25, 0.3) is 11.1 Å². The molecular formula is C20H21N3O3. The lowest BCUT2D eigenvalue weighted by Crippen LogP contribution is -2.39. The van der Waals surface area contributed by atoms with Crippen molar-refractivity contribution in [3.8, 4) is 16.9 Å². The summed E-state index contributed by atoms with van der Waals surface area (Å²) in [6, 6.07) is 9.95. The quantitative estimate of drug-likeness (QED) is 0.867. The van der Waals surface area contributed by atoms with Gasteiger partial charge in [0.2, 0.25) is 11.8 Å². The normalized spacial score (nSPS) is 15.7. The Hall–Kier alpha value is -2.89. The molecule has 2 heterocycles. The Morgan fingerprint density at radius 3 is 2.92 bits per heavy atom. The molecule has 0 spiro atoms. The summed E-state index contributed by atoms with van der Waals surface area (Å²) in [5.74, 6) is 0.571. The number of ether oxygens (including phenoxy) is 1. The number of carbonyl (C=O) groups excluding carboxylic acids is 2. The molecule has 1 fully saturated rings. The summed E-state index contributed by atoms with van der Waals surface area (Å²) >= 11 is 0. The van der Waals surface area contributed by atoms with Crippen molar-refractivity contribution in [1.82, 2.24) is 10.3 Å². The Bertz CT molecular complexity index is 861. The molecule has 2 amide bonds. The zero-order valence-corrected chi connectivity index (χ0v) is 14.7. The van der Waals surface area contributed by atoms with Crippen molar-refractivity contribution in [2.75, 3.05) is 18.1 Å². The number of carbonyl (C=O) groups is 2. The van der Waals surface area contributed by atoms with E-state index in [0.29, 0.717) is 18.0 Å². The zero-order valence-electron chi connectivity index (χ0n) is 14.7. The van der Waals surface area contributed by atoms with E-state index in [1.165, 1.54) is 4.90 Å². The minimum atomic E-state index is -0.117.